The van der Waals surface area contributed by atoms with Gasteiger partial charge in [-0.3, -0.25) is 10.1 Å². The van der Waals surface area contributed by atoms with Gasteiger partial charge < -0.3 is 10.0 Å². The number of rotatable bonds is 3. The molecule has 4 nitrogen and oxygen atoms in total. The number of nitrogens with one attached hydrogen (secondary N) is 1. The van der Waals surface area contributed by atoms with E-state index in [0.717, 1.165) is 18.5 Å². The largest absolute Gasteiger partial charge is 0.508 e. The molecule has 1 aliphatic heterocycles. The Morgan fingerprint density at radius 2 is 2.06 bits per heavy atom. The normalized spacial score (nSPS) is 21.9. The van der Waals surface area contributed by atoms with Crippen LogP contribution in [0.3, 0.4) is 0 Å². The number of likely N-dealkylation sites (tertiary alicyclic amines) is 1. The van der Waals surface area contributed by atoms with Crippen LogP contribution in [0, 0.1) is 0 Å². The monoisotopic (exact) mass is 234 g/mol. The first-order valence-electron chi connectivity index (χ1n) is 5.88. The predicted molar refractivity (Wildman–Crippen MR) is 65.7 cm³/mol. The molecule has 1 aliphatic rings. The third-order valence-corrected chi connectivity index (χ3v) is 3.27. The number of aromatic hydroxyl groups is 1. The molecule has 1 aromatic carbocycles. The maximum absolute atomic E-state index is 11.7. The number of carbonyl (C=O) groups is 1. The Kier molecular flexibility index (Phi) is 3.33. The number of phenols is 1. The highest BCUT2D eigenvalue weighted by atomic mass is 16.3. The fraction of sp³-hybridized carbons (Fsp3) is 0.462. The van der Waals surface area contributed by atoms with Crippen molar-refractivity contribution in [3.05, 3.63) is 29.8 Å². The van der Waals surface area contributed by atoms with E-state index >= 15 is 0 Å². The summed E-state index contributed by atoms with van der Waals surface area (Å²) >= 11 is 0. The average molecular weight is 234 g/mol. The number of nitrogens with zero attached hydrogens (tertiary/aromatic N) is 1. The molecule has 2 N–H and O–H groups in total. The maximum atomic E-state index is 11.7. The first-order valence-corrected chi connectivity index (χ1v) is 5.88. The molecule has 17 heavy (non-hydrogen) atoms. The summed E-state index contributed by atoms with van der Waals surface area (Å²) < 4.78 is 0. The lowest BCUT2D eigenvalue weighted by atomic mass is 10.1. The number of hydrogen-bond donors (Lipinski definition) is 2. The molecule has 1 saturated heterocycles. The Morgan fingerprint density at radius 1 is 1.41 bits per heavy atom. The van der Waals surface area contributed by atoms with E-state index in [4.69, 9.17) is 0 Å². The van der Waals surface area contributed by atoms with Crippen LogP contribution >= 0.6 is 0 Å². The second-order valence-corrected chi connectivity index (χ2v) is 4.58. The average Bonchev–Trinajstić information content (AvgIpc) is 2.62. The lowest BCUT2D eigenvalue weighted by molar-refractivity contribution is -0.128. The zero-order valence-electron chi connectivity index (χ0n) is 10.2. The van der Waals surface area contributed by atoms with Crippen LogP contribution in [0.2, 0.25) is 0 Å². The third-order valence-electron chi connectivity index (χ3n) is 3.27. The molecule has 2 rings (SSSR count). The summed E-state index contributed by atoms with van der Waals surface area (Å²) in [5.74, 6) is 0.424. The van der Waals surface area contributed by atoms with Gasteiger partial charge in [0.25, 0.3) is 0 Å². The van der Waals surface area contributed by atoms with Gasteiger partial charge in [0.2, 0.25) is 5.91 Å². The molecule has 0 aliphatic carbocycles. The highest BCUT2D eigenvalue weighted by molar-refractivity contribution is 5.83. The second-order valence-electron chi connectivity index (χ2n) is 4.58. The summed E-state index contributed by atoms with van der Waals surface area (Å²) in [5, 5.41) is 12.5. The van der Waals surface area contributed by atoms with Gasteiger partial charge in [-0.2, -0.15) is 0 Å². The van der Waals surface area contributed by atoms with Crippen molar-refractivity contribution in [1.29, 1.82) is 0 Å². The Morgan fingerprint density at radius 3 is 2.59 bits per heavy atom. The van der Waals surface area contributed by atoms with Crippen LogP contribution in [-0.4, -0.2) is 35.5 Å². The van der Waals surface area contributed by atoms with Crippen molar-refractivity contribution < 1.29 is 9.90 Å². The fourth-order valence-corrected chi connectivity index (χ4v) is 2.14. The number of hydrogen-bond acceptors (Lipinski definition) is 3. The van der Waals surface area contributed by atoms with Crippen molar-refractivity contribution >= 4 is 5.91 Å². The summed E-state index contributed by atoms with van der Waals surface area (Å²) in [7, 11) is 1.83. The lowest BCUT2D eigenvalue weighted by Crippen LogP contribution is -2.38. The number of phenolic OH excluding ortho intramolecular Hbond substituents is 1. The molecule has 1 heterocycles. The van der Waals surface area contributed by atoms with Crippen LogP contribution in [-0.2, 0) is 4.79 Å². The molecular formula is C13H18N2O2. The SMILES string of the molecule is CC(NC1CCN(C)C1=O)c1ccc(O)cc1. The molecule has 0 spiro atoms. The summed E-state index contributed by atoms with van der Waals surface area (Å²) in [6, 6.07) is 7.10. The summed E-state index contributed by atoms with van der Waals surface area (Å²) in [5.41, 5.74) is 1.07. The lowest BCUT2D eigenvalue weighted by Gasteiger charge is -2.18. The number of amides is 1. The topological polar surface area (TPSA) is 52.6 Å². The van der Waals surface area contributed by atoms with Crippen LogP contribution in [0.25, 0.3) is 0 Å². The van der Waals surface area contributed by atoms with Gasteiger partial charge in [0.05, 0.1) is 6.04 Å². The van der Waals surface area contributed by atoms with Gasteiger partial charge >= 0.3 is 0 Å². The molecule has 0 radical (unpaired) electrons. The minimum atomic E-state index is -0.0798. The summed E-state index contributed by atoms with van der Waals surface area (Å²) in [4.78, 5) is 13.5. The van der Waals surface area contributed by atoms with Crippen LogP contribution in [0.4, 0.5) is 0 Å². The predicted octanol–water partition coefficient (Wildman–Crippen LogP) is 1.27. The molecule has 0 bridgehead atoms. The molecule has 2 unspecified atom stereocenters. The zero-order chi connectivity index (χ0) is 12.4. The summed E-state index contributed by atoms with van der Waals surface area (Å²) in [6.07, 6.45) is 0.859. The molecular weight excluding hydrogens is 216 g/mol. The smallest absolute Gasteiger partial charge is 0.239 e. The highest BCUT2D eigenvalue weighted by Gasteiger charge is 2.29. The van der Waals surface area contributed by atoms with Crippen LogP contribution in [0.1, 0.15) is 24.9 Å². The van der Waals surface area contributed by atoms with Gasteiger partial charge in [0.15, 0.2) is 0 Å². The summed E-state index contributed by atoms with van der Waals surface area (Å²) in [6.45, 7) is 2.84. The number of likely N-dealkylation sites (N-methyl/N-ethyl adjacent to an activating group) is 1. The Hall–Kier alpha value is -1.55. The van der Waals surface area contributed by atoms with Crippen molar-refractivity contribution in [3.63, 3.8) is 0 Å². The van der Waals surface area contributed by atoms with E-state index < -0.39 is 0 Å². The Labute approximate surface area is 101 Å². The van der Waals surface area contributed by atoms with E-state index in [2.05, 4.69) is 5.32 Å². The molecule has 4 heteroatoms. The minimum Gasteiger partial charge on any atom is -0.508 e. The van der Waals surface area contributed by atoms with Gasteiger partial charge in [-0.1, -0.05) is 12.1 Å². The standard InChI is InChI=1S/C13H18N2O2/c1-9(10-3-5-11(16)6-4-10)14-12-7-8-15(2)13(12)17/h3-6,9,12,14,16H,7-8H2,1-2H3. The molecule has 1 aromatic rings. The Bertz CT molecular complexity index is 402. The van der Waals surface area contributed by atoms with Gasteiger partial charge in [-0.25, -0.2) is 0 Å². The maximum Gasteiger partial charge on any atom is 0.239 e. The molecule has 92 valence electrons. The Balaban J connectivity index is 1.99. The van der Waals surface area contributed by atoms with Crippen molar-refractivity contribution in [2.75, 3.05) is 13.6 Å². The van der Waals surface area contributed by atoms with Crippen molar-refractivity contribution in [2.45, 2.75) is 25.4 Å². The van der Waals surface area contributed by atoms with Crippen LogP contribution in [0.5, 0.6) is 5.75 Å². The van der Waals surface area contributed by atoms with E-state index in [1.165, 1.54) is 0 Å². The van der Waals surface area contributed by atoms with E-state index in [1.807, 2.05) is 26.1 Å². The van der Waals surface area contributed by atoms with Crippen LogP contribution < -0.4 is 5.32 Å². The number of benzene rings is 1. The van der Waals surface area contributed by atoms with E-state index in [0.29, 0.717) is 0 Å². The van der Waals surface area contributed by atoms with Gasteiger partial charge in [0.1, 0.15) is 5.75 Å². The van der Waals surface area contributed by atoms with Crippen LogP contribution in [0.15, 0.2) is 24.3 Å². The third kappa shape index (κ3) is 2.58. The van der Waals surface area contributed by atoms with E-state index in [9.17, 15) is 9.90 Å². The first kappa shape index (κ1) is 11.9. The van der Waals surface area contributed by atoms with Gasteiger partial charge in [0, 0.05) is 19.6 Å². The highest BCUT2D eigenvalue weighted by Crippen LogP contribution is 2.19. The quantitative estimate of drug-likeness (QED) is 0.828. The molecule has 0 saturated carbocycles. The zero-order valence-corrected chi connectivity index (χ0v) is 10.2. The van der Waals surface area contributed by atoms with Crippen molar-refractivity contribution in [3.8, 4) is 5.75 Å². The number of carbonyl (C=O) groups excluding carboxylic acids is 1. The molecule has 1 amide bonds. The van der Waals surface area contributed by atoms with E-state index in [-0.39, 0.29) is 23.7 Å². The molecule has 0 aromatic heterocycles. The van der Waals surface area contributed by atoms with Gasteiger partial charge in [-0.05, 0) is 31.0 Å². The molecule has 1 fully saturated rings. The fourth-order valence-electron chi connectivity index (χ4n) is 2.14. The van der Waals surface area contributed by atoms with Crippen molar-refractivity contribution in [2.24, 2.45) is 0 Å². The second kappa shape index (κ2) is 4.75. The van der Waals surface area contributed by atoms with Crippen molar-refractivity contribution in [1.82, 2.24) is 10.2 Å². The van der Waals surface area contributed by atoms with E-state index in [1.54, 1.807) is 17.0 Å². The minimum absolute atomic E-state index is 0.0798. The molecule has 2 atom stereocenters. The first-order chi connectivity index (χ1) is 8.08. The van der Waals surface area contributed by atoms with Gasteiger partial charge in [-0.15, -0.1) is 0 Å².